The van der Waals surface area contributed by atoms with Crippen LogP contribution in [0.4, 0.5) is 11.6 Å². The summed E-state index contributed by atoms with van der Waals surface area (Å²) < 4.78 is 2.06. The van der Waals surface area contributed by atoms with Crippen LogP contribution >= 0.6 is 0 Å². The van der Waals surface area contributed by atoms with E-state index in [1.165, 1.54) is 38.0 Å². The minimum atomic E-state index is 0.711. The van der Waals surface area contributed by atoms with E-state index in [2.05, 4.69) is 50.6 Å². The number of rotatable bonds is 5. The lowest BCUT2D eigenvalue weighted by molar-refractivity contribution is 0.578. The maximum Gasteiger partial charge on any atom is 0.207 e. The summed E-state index contributed by atoms with van der Waals surface area (Å²) in [4.78, 5) is 6.81. The summed E-state index contributed by atoms with van der Waals surface area (Å²) in [5.41, 5.74) is 2.44. The highest BCUT2D eigenvalue weighted by molar-refractivity contribution is 5.53. The van der Waals surface area contributed by atoms with Gasteiger partial charge in [0.1, 0.15) is 0 Å². The zero-order chi connectivity index (χ0) is 14.5. The number of anilines is 2. The molecule has 0 aliphatic carbocycles. The SMILES string of the molecule is C=CCNc1nccn1-c1ccc(N2CCCCC2)cc1. The largest absolute Gasteiger partial charge is 0.372 e. The Bertz CT molecular complexity index is 579. The highest BCUT2D eigenvalue weighted by atomic mass is 15.2. The number of benzene rings is 1. The normalized spacial score (nSPS) is 15.0. The predicted octanol–water partition coefficient (Wildman–Crippen LogP) is 3.46. The molecule has 4 heteroatoms. The van der Waals surface area contributed by atoms with E-state index in [1.54, 1.807) is 0 Å². The Hall–Kier alpha value is -2.23. The van der Waals surface area contributed by atoms with Gasteiger partial charge in [-0.25, -0.2) is 4.98 Å². The van der Waals surface area contributed by atoms with Crippen molar-refractivity contribution in [3.8, 4) is 5.69 Å². The summed E-state index contributed by atoms with van der Waals surface area (Å²) in [6.45, 7) is 6.79. The van der Waals surface area contributed by atoms with Crippen LogP contribution in [0.2, 0.25) is 0 Å². The summed E-state index contributed by atoms with van der Waals surface area (Å²) in [6.07, 6.45) is 9.59. The van der Waals surface area contributed by atoms with Crippen LogP contribution in [0.15, 0.2) is 49.3 Å². The van der Waals surface area contributed by atoms with Crippen molar-refractivity contribution < 1.29 is 0 Å². The first-order valence-electron chi connectivity index (χ1n) is 7.62. The van der Waals surface area contributed by atoms with Crippen molar-refractivity contribution in [1.82, 2.24) is 9.55 Å². The molecule has 0 amide bonds. The van der Waals surface area contributed by atoms with Crippen LogP contribution < -0.4 is 10.2 Å². The molecule has 1 fully saturated rings. The van der Waals surface area contributed by atoms with Gasteiger partial charge in [-0.3, -0.25) is 4.57 Å². The molecule has 1 saturated heterocycles. The number of imidazole rings is 1. The first kappa shape index (κ1) is 13.7. The molecule has 0 atom stereocenters. The van der Waals surface area contributed by atoms with E-state index in [9.17, 15) is 0 Å². The third-order valence-corrected chi connectivity index (χ3v) is 3.89. The summed E-state index contributed by atoms with van der Waals surface area (Å²) >= 11 is 0. The van der Waals surface area contributed by atoms with Gasteiger partial charge in [0.25, 0.3) is 0 Å². The number of nitrogens with one attached hydrogen (secondary N) is 1. The first-order valence-corrected chi connectivity index (χ1v) is 7.62. The second-order valence-electron chi connectivity index (χ2n) is 5.35. The van der Waals surface area contributed by atoms with Gasteiger partial charge in [0, 0.05) is 43.4 Å². The zero-order valence-corrected chi connectivity index (χ0v) is 12.3. The number of hydrogen-bond donors (Lipinski definition) is 1. The van der Waals surface area contributed by atoms with Gasteiger partial charge < -0.3 is 10.2 Å². The Balaban J connectivity index is 1.77. The molecule has 3 rings (SSSR count). The van der Waals surface area contributed by atoms with Gasteiger partial charge in [0.15, 0.2) is 0 Å². The van der Waals surface area contributed by atoms with Crippen molar-refractivity contribution in [2.45, 2.75) is 19.3 Å². The topological polar surface area (TPSA) is 33.1 Å². The van der Waals surface area contributed by atoms with Crippen molar-refractivity contribution >= 4 is 11.6 Å². The second kappa shape index (κ2) is 6.48. The fourth-order valence-corrected chi connectivity index (χ4v) is 2.78. The minimum Gasteiger partial charge on any atom is -0.372 e. The van der Waals surface area contributed by atoms with Crippen molar-refractivity contribution in [3.05, 3.63) is 49.3 Å². The monoisotopic (exact) mass is 282 g/mol. The van der Waals surface area contributed by atoms with Gasteiger partial charge in [0.05, 0.1) is 0 Å². The van der Waals surface area contributed by atoms with E-state index < -0.39 is 0 Å². The van der Waals surface area contributed by atoms with E-state index in [0.717, 1.165) is 11.6 Å². The van der Waals surface area contributed by atoms with E-state index in [0.29, 0.717) is 6.54 Å². The summed E-state index contributed by atoms with van der Waals surface area (Å²) in [5, 5.41) is 3.24. The van der Waals surface area contributed by atoms with E-state index >= 15 is 0 Å². The Morgan fingerprint density at radius 2 is 1.81 bits per heavy atom. The average molecular weight is 282 g/mol. The smallest absolute Gasteiger partial charge is 0.207 e. The van der Waals surface area contributed by atoms with Crippen molar-refractivity contribution in [2.24, 2.45) is 0 Å². The Morgan fingerprint density at radius 1 is 1.10 bits per heavy atom. The van der Waals surface area contributed by atoms with Crippen molar-refractivity contribution in [3.63, 3.8) is 0 Å². The van der Waals surface area contributed by atoms with Crippen LogP contribution in [-0.4, -0.2) is 29.2 Å². The summed E-state index contributed by atoms with van der Waals surface area (Å²) in [6, 6.07) is 8.73. The minimum absolute atomic E-state index is 0.711. The molecule has 0 saturated carbocycles. The lowest BCUT2D eigenvalue weighted by Gasteiger charge is -2.28. The van der Waals surface area contributed by atoms with Gasteiger partial charge in [-0.15, -0.1) is 6.58 Å². The lowest BCUT2D eigenvalue weighted by atomic mass is 10.1. The van der Waals surface area contributed by atoms with Crippen molar-refractivity contribution in [1.29, 1.82) is 0 Å². The van der Waals surface area contributed by atoms with Crippen LogP contribution in [0.3, 0.4) is 0 Å². The maximum atomic E-state index is 4.34. The second-order valence-corrected chi connectivity index (χ2v) is 5.35. The number of piperidine rings is 1. The zero-order valence-electron chi connectivity index (χ0n) is 12.3. The van der Waals surface area contributed by atoms with Crippen LogP contribution in [0.1, 0.15) is 19.3 Å². The molecule has 0 spiro atoms. The van der Waals surface area contributed by atoms with Gasteiger partial charge in [-0.2, -0.15) is 0 Å². The maximum absolute atomic E-state index is 4.34. The van der Waals surface area contributed by atoms with E-state index in [1.807, 2.05) is 18.5 Å². The molecule has 0 radical (unpaired) electrons. The molecule has 0 unspecified atom stereocenters. The molecule has 2 heterocycles. The summed E-state index contributed by atoms with van der Waals surface area (Å²) in [5.74, 6) is 0.848. The van der Waals surface area contributed by atoms with Crippen LogP contribution in [0, 0.1) is 0 Å². The van der Waals surface area contributed by atoms with E-state index in [4.69, 9.17) is 0 Å². The van der Waals surface area contributed by atoms with E-state index in [-0.39, 0.29) is 0 Å². The summed E-state index contributed by atoms with van der Waals surface area (Å²) in [7, 11) is 0. The molecule has 4 nitrogen and oxygen atoms in total. The predicted molar refractivity (Wildman–Crippen MR) is 88.3 cm³/mol. The molecule has 1 aliphatic rings. The molecule has 110 valence electrons. The van der Waals surface area contributed by atoms with Crippen molar-refractivity contribution in [2.75, 3.05) is 29.9 Å². The molecule has 21 heavy (non-hydrogen) atoms. The molecule has 1 aromatic heterocycles. The fraction of sp³-hybridized carbons (Fsp3) is 0.353. The third kappa shape index (κ3) is 3.10. The standard InChI is InChI=1S/C17H22N4/c1-2-10-18-17-19-11-14-21(17)16-8-6-15(7-9-16)20-12-4-3-5-13-20/h2,6-9,11,14H,1,3-5,10,12-13H2,(H,18,19). The Morgan fingerprint density at radius 3 is 2.52 bits per heavy atom. The third-order valence-electron chi connectivity index (χ3n) is 3.89. The number of aromatic nitrogens is 2. The molecule has 1 aromatic carbocycles. The van der Waals surface area contributed by atoms with Gasteiger partial charge in [0.2, 0.25) is 5.95 Å². The molecule has 0 bridgehead atoms. The molecule has 1 aliphatic heterocycles. The number of hydrogen-bond acceptors (Lipinski definition) is 3. The van der Waals surface area contributed by atoms with Gasteiger partial charge in [-0.1, -0.05) is 6.08 Å². The van der Waals surface area contributed by atoms with Gasteiger partial charge >= 0.3 is 0 Å². The fourth-order valence-electron chi connectivity index (χ4n) is 2.78. The highest BCUT2D eigenvalue weighted by Crippen LogP contribution is 2.22. The van der Waals surface area contributed by atoms with Crippen LogP contribution in [0.25, 0.3) is 5.69 Å². The highest BCUT2D eigenvalue weighted by Gasteiger charge is 2.11. The Kier molecular flexibility index (Phi) is 4.24. The lowest BCUT2D eigenvalue weighted by Crippen LogP contribution is -2.29. The molecule has 2 aromatic rings. The Labute approximate surface area is 126 Å². The molecule has 1 N–H and O–H groups in total. The average Bonchev–Trinajstić information content (AvgIpc) is 3.02. The number of nitrogens with zero attached hydrogens (tertiary/aromatic N) is 3. The molecular formula is C17H22N4. The van der Waals surface area contributed by atoms with Crippen LogP contribution in [0.5, 0.6) is 0 Å². The first-order chi connectivity index (χ1) is 10.4. The molecular weight excluding hydrogens is 260 g/mol. The van der Waals surface area contributed by atoms with Gasteiger partial charge in [-0.05, 0) is 43.5 Å². The van der Waals surface area contributed by atoms with Crippen LogP contribution in [-0.2, 0) is 0 Å². The quantitative estimate of drug-likeness (QED) is 0.853.